The number of anilines is 1. The second-order valence-electron chi connectivity index (χ2n) is 3.86. The van der Waals surface area contributed by atoms with Crippen LogP contribution in [0.1, 0.15) is 16.1 Å². The summed E-state index contributed by atoms with van der Waals surface area (Å²) in [6.07, 6.45) is -2.13. The molecule has 8 heteroatoms. The fourth-order valence-corrected chi connectivity index (χ4v) is 1.65. The number of nitrogens with two attached hydrogens (primary N) is 1. The summed E-state index contributed by atoms with van der Waals surface area (Å²) in [4.78, 5) is 18.2. The molecule has 20 heavy (non-hydrogen) atoms. The maximum atomic E-state index is 13.0. The Morgan fingerprint density at radius 3 is 2.35 bits per heavy atom. The minimum absolute atomic E-state index is 0.106. The summed E-state index contributed by atoms with van der Waals surface area (Å²) in [7, 11) is 0. The molecule has 5 nitrogen and oxygen atoms in total. The van der Waals surface area contributed by atoms with Crippen LogP contribution in [0.15, 0.2) is 30.6 Å². The quantitative estimate of drug-likeness (QED) is 0.883. The van der Waals surface area contributed by atoms with Gasteiger partial charge in [0.25, 0.3) is 0 Å². The topological polar surface area (TPSA) is 89.1 Å². The summed E-state index contributed by atoms with van der Waals surface area (Å²) in [5, 5.41) is 8.89. The third-order valence-corrected chi connectivity index (χ3v) is 2.51. The van der Waals surface area contributed by atoms with Crippen LogP contribution >= 0.6 is 0 Å². The molecule has 0 saturated carbocycles. The molecule has 0 bridgehead atoms. The van der Waals surface area contributed by atoms with E-state index in [1.807, 2.05) is 0 Å². The Hall–Kier alpha value is -2.64. The average molecular weight is 283 g/mol. The molecule has 2 rings (SSSR count). The number of nitrogens with zero attached hydrogens (tertiary/aromatic N) is 2. The Balaban J connectivity index is 2.76. The number of aromatic carboxylic acids is 1. The van der Waals surface area contributed by atoms with Crippen LogP contribution in [-0.2, 0) is 6.18 Å². The van der Waals surface area contributed by atoms with E-state index in [1.54, 1.807) is 0 Å². The van der Waals surface area contributed by atoms with Crippen LogP contribution in [0.2, 0.25) is 0 Å². The third kappa shape index (κ3) is 2.53. The molecule has 0 aliphatic rings. The van der Waals surface area contributed by atoms with E-state index in [9.17, 15) is 18.0 Å². The van der Waals surface area contributed by atoms with E-state index in [0.717, 1.165) is 0 Å². The fourth-order valence-electron chi connectivity index (χ4n) is 1.65. The maximum Gasteiger partial charge on any atom is 0.418 e. The lowest BCUT2D eigenvalue weighted by atomic mass is 10.0. The zero-order valence-electron chi connectivity index (χ0n) is 9.85. The monoisotopic (exact) mass is 283 g/mol. The van der Waals surface area contributed by atoms with Crippen molar-refractivity contribution < 1.29 is 23.1 Å². The van der Waals surface area contributed by atoms with E-state index >= 15 is 0 Å². The van der Waals surface area contributed by atoms with Crippen molar-refractivity contribution in [3.8, 4) is 11.3 Å². The van der Waals surface area contributed by atoms with Crippen molar-refractivity contribution in [2.45, 2.75) is 6.18 Å². The lowest BCUT2D eigenvalue weighted by Crippen LogP contribution is -2.14. The maximum absolute atomic E-state index is 13.0. The zero-order valence-corrected chi connectivity index (χ0v) is 9.85. The standard InChI is InChI=1S/C12H8F3N3O2/c13-12(14,15)7-5-8(16)10(11(19)20)18-9(7)6-1-3-17-4-2-6/h1-5H,16H2,(H,19,20). The summed E-state index contributed by atoms with van der Waals surface area (Å²) in [5.41, 5.74) is 2.67. The van der Waals surface area contributed by atoms with Gasteiger partial charge in [-0.05, 0) is 18.2 Å². The molecule has 3 N–H and O–H groups in total. The lowest BCUT2D eigenvalue weighted by Gasteiger charge is -2.14. The van der Waals surface area contributed by atoms with E-state index in [2.05, 4.69) is 9.97 Å². The number of hydrogen-bond donors (Lipinski definition) is 2. The largest absolute Gasteiger partial charge is 0.476 e. The molecule has 2 heterocycles. The van der Waals surface area contributed by atoms with Crippen molar-refractivity contribution in [1.82, 2.24) is 9.97 Å². The van der Waals surface area contributed by atoms with E-state index in [-0.39, 0.29) is 5.56 Å². The van der Waals surface area contributed by atoms with Gasteiger partial charge in [0.2, 0.25) is 0 Å². The molecule has 0 aliphatic heterocycles. The molecule has 104 valence electrons. The summed E-state index contributed by atoms with van der Waals surface area (Å²) >= 11 is 0. The number of carbonyl (C=O) groups is 1. The van der Waals surface area contributed by atoms with Gasteiger partial charge in [0.1, 0.15) is 0 Å². The number of carboxylic acids is 1. The molecule has 0 aromatic carbocycles. The van der Waals surface area contributed by atoms with Gasteiger partial charge in [-0.1, -0.05) is 0 Å². The highest BCUT2D eigenvalue weighted by Gasteiger charge is 2.36. The Bertz CT molecular complexity index is 657. The van der Waals surface area contributed by atoms with Crippen LogP contribution in [0.5, 0.6) is 0 Å². The fraction of sp³-hybridized carbons (Fsp3) is 0.0833. The smallest absolute Gasteiger partial charge is 0.418 e. The predicted octanol–water partition coefficient (Wildman–Crippen LogP) is 2.44. The highest BCUT2D eigenvalue weighted by atomic mass is 19.4. The van der Waals surface area contributed by atoms with Crippen LogP contribution < -0.4 is 5.73 Å². The number of hydrogen-bond acceptors (Lipinski definition) is 4. The Labute approximate surface area is 110 Å². The van der Waals surface area contributed by atoms with Gasteiger partial charge >= 0.3 is 12.1 Å². The van der Waals surface area contributed by atoms with Crippen LogP contribution in [0.3, 0.4) is 0 Å². The highest BCUT2D eigenvalue weighted by molar-refractivity contribution is 5.92. The second kappa shape index (κ2) is 4.80. The molecule has 0 radical (unpaired) electrons. The van der Waals surface area contributed by atoms with Crippen LogP contribution in [0.4, 0.5) is 18.9 Å². The molecule has 0 amide bonds. The van der Waals surface area contributed by atoms with Crippen LogP contribution in [-0.4, -0.2) is 21.0 Å². The SMILES string of the molecule is Nc1cc(C(F)(F)F)c(-c2ccncc2)nc1C(=O)O. The molecule has 2 aromatic rings. The molecular weight excluding hydrogens is 275 g/mol. The first-order chi connectivity index (χ1) is 9.30. The first kappa shape index (κ1) is 13.8. The van der Waals surface area contributed by atoms with Gasteiger partial charge in [-0.2, -0.15) is 13.2 Å². The molecule has 0 aliphatic carbocycles. The third-order valence-electron chi connectivity index (χ3n) is 2.51. The van der Waals surface area contributed by atoms with Gasteiger partial charge in [-0.25, -0.2) is 9.78 Å². The molecule has 2 aromatic heterocycles. The number of pyridine rings is 2. The van der Waals surface area contributed by atoms with Crippen molar-refractivity contribution in [3.05, 3.63) is 41.9 Å². The van der Waals surface area contributed by atoms with E-state index < -0.39 is 34.8 Å². The molecule has 0 saturated heterocycles. The Morgan fingerprint density at radius 1 is 1.25 bits per heavy atom. The minimum atomic E-state index is -4.70. The lowest BCUT2D eigenvalue weighted by molar-refractivity contribution is -0.137. The number of rotatable bonds is 2. The number of nitrogen functional groups attached to an aromatic ring is 1. The van der Waals surface area contributed by atoms with Crippen LogP contribution in [0, 0.1) is 0 Å². The van der Waals surface area contributed by atoms with Gasteiger partial charge in [0, 0.05) is 18.0 Å². The van der Waals surface area contributed by atoms with Crippen molar-refractivity contribution in [1.29, 1.82) is 0 Å². The molecule has 0 fully saturated rings. The second-order valence-corrected chi connectivity index (χ2v) is 3.86. The van der Waals surface area contributed by atoms with Crippen molar-refractivity contribution in [3.63, 3.8) is 0 Å². The summed E-state index contributed by atoms with van der Waals surface area (Å²) in [6, 6.07) is 3.19. The summed E-state index contributed by atoms with van der Waals surface area (Å²) in [5.74, 6) is -1.49. The number of carboxylic acid groups (broad SMARTS) is 1. The number of halogens is 3. The van der Waals surface area contributed by atoms with Gasteiger partial charge in [0.15, 0.2) is 5.69 Å². The molecule has 0 atom stereocenters. The first-order valence-electron chi connectivity index (χ1n) is 5.32. The number of alkyl halides is 3. The van der Waals surface area contributed by atoms with E-state index in [4.69, 9.17) is 10.8 Å². The number of aromatic nitrogens is 2. The molecular formula is C12H8F3N3O2. The van der Waals surface area contributed by atoms with Gasteiger partial charge in [-0.3, -0.25) is 4.98 Å². The predicted molar refractivity (Wildman–Crippen MR) is 63.8 cm³/mol. The van der Waals surface area contributed by atoms with Crippen molar-refractivity contribution in [2.75, 3.05) is 5.73 Å². The molecule has 0 unspecified atom stereocenters. The Kier molecular flexibility index (Phi) is 3.31. The van der Waals surface area contributed by atoms with E-state index in [0.29, 0.717) is 6.07 Å². The normalized spacial score (nSPS) is 11.3. The van der Waals surface area contributed by atoms with Crippen LogP contribution in [0.25, 0.3) is 11.3 Å². The summed E-state index contributed by atoms with van der Waals surface area (Å²) in [6.45, 7) is 0. The highest BCUT2D eigenvalue weighted by Crippen LogP contribution is 2.37. The summed E-state index contributed by atoms with van der Waals surface area (Å²) < 4.78 is 39.0. The molecule has 0 spiro atoms. The Morgan fingerprint density at radius 2 is 1.85 bits per heavy atom. The van der Waals surface area contributed by atoms with Gasteiger partial charge < -0.3 is 10.8 Å². The van der Waals surface area contributed by atoms with Crippen molar-refractivity contribution in [2.24, 2.45) is 0 Å². The first-order valence-corrected chi connectivity index (χ1v) is 5.32. The minimum Gasteiger partial charge on any atom is -0.476 e. The average Bonchev–Trinajstić information content (AvgIpc) is 2.38. The van der Waals surface area contributed by atoms with Gasteiger partial charge in [0.05, 0.1) is 16.9 Å². The zero-order chi connectivity index (χ0) is 14.9. The van der Waals surface area contributed by atoms with Crippen molar-refractivity contribution >= 4 is 11.7 Å². The van der Waals surface area contributed by atoms with Gasteiger partial charge in [-0.15, -0.1) is 0 Å². The van der Waals surface area contributed by atoms with E-state index in [1.165, 1.54) is 24.5 Å².